The van der Waals surface area contributed by atoms with Gasteiger partial charge in [-0.1, -0.05) is 12.1 Å². The molecule has 11 heteroatoms. The summed E-state index contributed by atoms with van der Waals surface area (Å²) in [4.78, 5) is 44.9. The maximum Gasteiger partial charge on any atom is 0.354 e. The minimum atomic E-state index is -0.945. The van der Waals surface area contributed by atoms with Crippen LogP contribution in [0.3, 0.4) is 0 Å². The van der Waals surface area contributed by atoms with Crippen molar-refractivity contribution in [2.24, 2.45) is 11.5 Å². The first-order chi connectivity index (χ1) is 17.1. The van der Waals surface area contributed by atoms with E-state index in [-0.39, 0.29) is 17.8 Å². The van der Waals surface area contributed by atoms with Crippen molar-refractivity contribution < 1.29 is 9.59 Å². The molecule has 2 aliphatic rings. The first-order valence-corrected chi connectivity index (χ1v) is 12.4. The smallest absolute Gasteiger partial charge is 0.338 e. The third-order valence-electron chi connectivity index (χ3n) is 6.73. The second-order valence-electron chi connectivity index (χ2n) is 10.2. The lowest BCUT2D eigenvalue weighted by atomic mass is 10.1. The van der Waals surface area contributed by atoms with Crippen molar-refractivity contribution in [3.05, 3.63) is 52.6 Å². The molecule has 2 atom stereocenters. The number of hydrogen-bond acceptors (Lipinski definition) is 7. The number of amides is 3. The summed E-state index contributed by atoms with van der Waals surface area (Å²) in [6.45, 7) is 5.65. The summed E-state index contributed by atoms with van der Waals surface area (Å²) >= 11 is 0. The van der Waals surface area contributed by atoms with Crippen LogP contribution in [0.4, 0.5) is 10.6 Å². The monoisotopic (exact) mass is 496 g/mol. The van der Waals surface area contributed by atoms with Crippen molar-refractivity contribution in [2.45, 2.75) is 57.3 Å². The summed E-state index contributed by atoms with van der Waals surface area (Å²) in [5.74, 6) is 0.0362. The summed E-state index contributed by atoms with van der Waals surface area (Å²) in [6, 6.07) is 9.70. The first-order valence-electron chi connectivity index (χ1n) is 12.4. The molecule has 0 bridgehead atoms. The van der Waals surface area contributed by atoms with Gasteiger partial charge in [-0.2, -0.15) is 4.98 Å². The number of nitrogens with zero attached hydrogens (tertiary/aromatic N) is 4. The predicted octanol–water partition coefficient (Wildman–Crippen LogP) is 0.615. The molecule has 2 aromatic rings. The Balaban J connectivity index is 1.31. The van der Waals surface area contributed by atoms with Gasteiger partial charge in [0.05, 0.1) is 11.2 Å². The van der Waals surface area contributed by atoms with E-state index < -0.39 is 11.2 Å². The number of benzene rings is 1. The number of urea groups is 1. The molecule has 1 aliphatic heterocycles. The van der Waals surface area contributed by atoms with Crippen LogP contribution in [0.2, 0.25) is 0 Å². The number of nitrogens with two attached hydrogens (primary N) is 2. The maximum absolute atomic E-state index is 12.6. The molecule has 1 aromatic carbocycles. The Labute approximate surface area is 210 Å². The lowest BCUT2D eigenvalue weighted by Crippen LogP contribution is -2.58. The van der Waals surface area contributed by atoms with Crippen molar-refractivity contribution >= 4 is 17.8 Å². The van der Waals surface area contributed by atoms with E-state index in [4.69, 9.17) is 11.5 Å². The SMILES string of the molecule is CC(C)(N)C(=O)N1CCN(C(=O)Nc2ccn(-c3ccc(CNC4CCC(N)C4)cc3)c(=O)n2)CC1. The van der Waals surface area contributed by atoms with Gasteiger partial charge < -0.3 is 26.6 Å². The largest absolute Gasteiger partial charge is 0.354 e. The summed E-state index contributed by atoms with van der Waals surface area (Å²) in [6.07, 6.45) is 4.77. The zero-order chi connectivity index (χ0) is 25.9. The maximum atomic E-state index is 12.6. The second-order valence-corrected chi connectivity index (χ2v) is 10.2. The van der Waals surface area contributed by atoms with Crippen LogP contribution in [0.15, 0.2) is 41.3 Å². The lowest BCUT2D eigenvalue weighted by molar-refractivity contribution is -0.137. The Morgan fingerprint density at radius 3 is 2.31 bits per heavy atom. The molecular weight excluding hydrogens is 460 g/mol. The minimum Gasteiger partial charge on any atom is -0.338 e. The molecule has 1 aromatic heterocycles. The number of aromatic nitrogens is 2. The molecule has 11 nitrogen and oxygen atoms in total. The number of hydrogen-bond donors (Lipinski definition) is 4. The van der Waals surface area contributed by atoms with Crippen molar-refractivity contribution in [2.75, 3.05) is 31.5 Å². The summed E-state index contributed by atoms with van der Waals surface area (Å²) < 4.78 is 1.43. The van der Waals surface area contributed by atoms with Crippen LogP contribution >= 0.6 is 0 Å². The predicted molar refractivity (Wildman–Crippen MR) is 138 cm³/mol. The normalized spacial score (nSPS) is 20.4. The molecule has 0 radical (unpaired) electrons. The van der Waals surface area contributed by atoms with E-state index in [1.54, 1.807) is 35.9 Å². The molecule has 0 spiro atoms. The van der Waals surface area contributed by atoms with Gasteiger partial charge in [0, 0.05) is 51.0 Å². The van der Waals surface area contributed by atoms with Crippen LogP contribution in [0.25, 0.3) is 5.69 Å². The Hall–Kier alpha value is -3.28. The number of anilines is 1. The molecule has 1 saturated heterocycles. The van der Waals surface area contributed by atoms with Crippen LogP contribution in [0, 0.1) is 0 Å². The van der Waals surface area contributed by atoms with E-state index in [0.717, 1.165) is 31.4 Å². The fraction of sp³-hybridized carbons (Fsp3) is 0.520. The van der Waals surface area contributed by atoms with Gasteiger partial charge in [0.1, 0.15) is 5.82 Å². The van der Waals surface area contributed by atoms with E-state index in [1.165, 1.54) is 4.57 Å². The molecule has 6 N–H and O–H groups in total. The fourth-order valence-electron chi connectivity index (χ4n) is 4.62. The average molecular weight is 497 g/mol. The standard InChI is InChI=1S/C25H36N8O3/c1-25(2,27)22(34)31-11-13-32(14-12-31)23(35)29-21-9-10-33(24(36)30-21)20-7-3-17(4-8-20)16-28-19-6-5-18(26)15-19/h3-4,7-10,18-19,28H,5-6,11-16,26-27H2,1-2H3,(H,29,30,35,36). The number of nitrogens with one attached hydrogen (secondary N) is 2. The molecule has 194 valence electrons. The topological polar surface area (TPSA) is 152 Å². The van der Waals surface area contributed by atoms with Gasteiger partial charge in [0.2, 0.25) is 5.91 Å². The fourth-order valence-corrected chi connectivity index (χ4v) is 4.62. The first kappa shape index (κ1) is 25.8. The molecular formula is C25H36N8O3. The summed E-state index contributed by atoms with van der Waals surface area (Å²) in [5.41, 5.74) is 12.3. The van der Waals surface area contributed by atoms with Crippen molar-refractivity contribution in [3.63, 3.8) is 0 Å². The van der Waals surface area contributed by atoms with E-state index in [2.05, 4.69) is 15.6 Å². The van der Waals surface area contributed by atoms with E-state index in [9.17, 15) is 14.4 Å². The highest BCUT2D eigenvalue weighted by molar-refractivity contribution is 5.89. The molecule has 3 amide bonds. The third-order valence-corrected chi connectivity index (χ3v) is 6.73. The molecule has 4 rings (SSSR count). The van der Waals surface area contributed by atoms with E-state index in [0.29, 0.717) is 44.0 Å². The van der Waals surface area contributed by atoms with Crippen molar-refractivity contribution in [1.29, 1.82) is 0 Å². The lowest BCUT2D eigenvalue weighted by Gasteiger charge is -2.37. The summed E-state index contributed by atoms with van der Waals surface area (Å²) in [7, 11) is 0. The number of rotatable bonds is 6. The van der Waals surface area contributed by atoms with Gasteiger partial charge in [-0.05, 0) is 56.9 Å². The Morgan fingerprint density at radius 2 is 1.72 bits per heavy atom. The molecule has 1 saturated carbocycles. The van der Waals surface area contributed by atoms with Crippen LogP contribution in [0.5, 0.6) is 0 Å². The van der Waals surface area contributed by atoms with Crippen LogP contribution in [0.1, 0.15) is 38.7 Å². The third kappa shape index (κ3) is 6.28. The molecule has 36 heavy (non-hydrogen) atoms. The zero-order valence-electron chi connectivity index (χ0n) is 20.9. The number of carbonyl (C=O) groups is 2. The second kappa shape index (κ2) is 10.8. The van der Waals surface area contributed by atoms with Gasteiger partial charge in [0.25, 0.3) is 0 Å². The van der Waals surface area contributed by atoms with Crippen molar-refractivity contribution in [3.8, 4) is 5.69 Å². The highest BCUT2D eigenvalue weighted by atomic mass is 16.2. The summed E-state index contributed by atoms with van der Waals surface area (Å²) in [5, 5.41) is 6.21. The number of piperazine rings is 1. The van der Waals surface area contributed by atoms with E-state index in [1.807, 2.05) is 24.3 Å². The van der Waals surface area contributed by atoms with Crippen LogP contribution in [-0.2, 0) is 11.3 Å². The molecule has 1 aliphatic carbocycles. The Kier molecular flexibility index (Phi) is 7.72. The van der Waals surface area contributed by atoms with Gasteiger partial charge in [-0.25, -0.2) is 9.59 Å². The Bertz CT molecular complexity index is 1130. The highest BCUT2D eigenvalue weighted by Crippen LogP contribution is 2.18. The molecule has 2 heterocycles. The molecule has 2 unspecified atom stereocenters. The van der Waals surface area contributed by atoms with Gasteiger partial charge in [-0.15, -0.1) is 0 Å². The van der Waals surface area contributed by atoms with E-state index >= 15 is 0 Å². The van der Waals surface area contributed by atoms with Gasteiger partial charge >= 0.3 is 11.7 Å². The minimum absolute atomic E-state index is 0.143. The number of carbonyl (C=O) groups excluding carboxylic acids is 2. The Morgan fingerprint density at radius 1 is 1.06 bits per heavy atom. The highest BCUT2D eigenvalue weighted by Gasteiger charge is 2.31. The zero-order valence-corrected chi connectivity index (χ0v) is 20.9. The van der Waals surface area contributed by atoms with Gasteiger partial charge in [0.15, 0.2) is 0 Å². The quantitative estimate of drug-likeness (QED) is 0.457. The van der Waals surface area contributed by atoms with Crippen molar-refractivity contribution in [1.82, 2.24) is 24.7 Å². The van der Waals surface area contributed by atoms with Crippen LogP contribution in [-0.4, -0.2) is 75.1 Å². The van der Waals surface area contributed by atoms with Gasteiger partial charge in [-0.3, -0.25) is 14.7 Å². The average Bonchev–Trinajstić information content (AvgIpc) is 3.27. The molecule has 2 fully saturated rings. The van der Waals surface area contributed by atoms with Crippen LogP contribution < -0.4 is 27.8 Å².